The number of carbonyl (C=O) groups is 1. The van der Waals surface area contributed by atoms with E-state index in [0.717, 1.165) is 51.4 Å². The standard InChI is InChI=1S/C49H93NO5/c1-3-5-7-9-11-13-15-17-18-19-20-21-22-23-24-25-26-27-28-29-31-32-34-36-38-40-42-46(52)48(54)45(44-51)50-49(55)47(53)43-41-39-37-35-33-30-16-14-12-10-8-6-4-2/h24-25,28-29,34,36,45-48,51-54H,3-23,26-27,30-33,35,37-44H2,1-2H3,(H,50,55)/b25-24+,29-28+,36-34+. The molecule has 5 N–H and O–H groups in total. The Kier molecular flexibility index (Phi) is 42.5. The van der Waals surface area contributed by atoms with Crippen LogP contribution in [0.2, 0.25) is 0 Å². The molecule has 0 saturated heterocycles. The Labute approximate surface area is 341 Å². The Hall–Kier alpha value is -1.47. The molecule has 324 valence electrons. The minimum atomic E-state index is -1.29. The van der Waals surface area contributed by atoms with Gasteiger partial charge < -0.3 is 25.7 Å². The van der Waals surface area contributed by atoms with Crippen molar-refractivity contribution in [3.8, 4) is 0 Å². The maximum absolute atomic E-state index is 12.5. The van der Waals surface area contributed by atoms with Gasteiger partial charge in [-0.05, 0) is 64.2 Å². The highest BCUT2D eigenvalue weighted by Crippen LogP contribution is 2.16. The van der Waals surface area contributed by atoms with Crippen LogP contribution in [0.3, 0.4) is 0 Å². The lowest BCUT2D eigenvalue weighted by Crippen LogP contribution is -2.53. The van der Waals surface area contributed by atoms with E-state index in [4.69, 9.17) is 0 Å². The van der Waals surface area contributed by atoms with Crippen LogP contribution in [0.5, 0.6) is 0 Å². The second-order valence-electron chi connectivity index (χ2n) is 16.4. The van der Waals surface area contributed by atoms with Crippen molar-refractivity contribution in [2.75, 3.05) is 6.61 Å². The second kappa shape index (κ2) is 43.6. The normalized spacial score (nSPS) is 14.4. The highest BCUT2D eigenvalue weighted by atomic mass is 16.3. The largest absolute Gasteiger partial charge is 0.394 e. The minimum absolute atomic E-state index is 0.361. The van der Waals surface area contributed by atoms with E-state index in [1.54, 1.807) is 0 Å². The van der Waals surface area contributed by atoms with Crippen molar-refractivity contribution in [3.05, 3.63) is 36.5 Å². The molecule has 1 amide bonds. The molecular weight excluding hydrogens is 683 g/mol. The molecule has 0 aliphatic rings. The maximum atomic E-state index is 12.5. The van der Waals surface area contributed by atoms with Crippen LogP contribution >= 0.6 is 0 Å². The summed E-state index contributed by atoms with van der Waals surface area (Å²) in [6.07, 6.45) is 51.9. The van der Waals surface area contributed by atoms with E-state index >= 15 is 0 Å². The molecule has 0 spiro atoms. The lowest BCUT2D eigenvalue weighted by Gasteiger charge is -2.27. The highest BCUT2D eigenvalue weighted by Gasteiger charge is 2.28. The Morgan fingerprint density at radius 3 is 1.15 bits per heavy atom. The topological polar surface area (TPSA) is 110 Å². The number of hydrogen-bond acceptors (Lipinski definition) is 5. The molecule has 0 heterocycles. The average Bonchev–Trinajstić information content (AvgIpc) is 3.19. The van der Waals surface area contributed by atoms with Gasteiger partial charge in [-0.1, -0.05) is 211 Å². The fourth-order valence-electron chi connectivity index (χ4n) is 7.26. The van der Waals surface area contributed by atoms with Crippen molar-refractivity contribution in [2.45, 2.75) is 263 Å². The highest BCUT2D eigenvalue weighted by molar-refractivity contribution is 5.80. The molecule has 0 rings (SSSR count). The van der Waals surface area contributed by atoms with Crippen LogP contribution in [-0.4, -0.2) is 57.3 Å². The Morgan fingerprint density at radius 1 is 0.436 bits per heavy atom. The van der Waals surface area contributed by atoms with Crippen molar-refractivity contribution in [1.29, 1.82) is 0 Å². The summed E-state index contributed by atoms with van der Waals surface area (Å²) in [6.45, 7) is 4.04. The number of rotatable bonds is 43. The average molecular weight is 776 g/mol. The number of aliphatic hydroxyl groups is 4. The fraction of sp³-hybridized carbons (Fsp3) is 0.857. The van der Waals surface area contributed by atoms with Crippen LogP contribution in [0.1, 0.15) is 239 Å². The first kappa shape index (κ1) is 53.5. The molecule has 6 nitrogen and oxygen atoms in total. The van der Waals surface area contributed by atoms with Gasteiger partial charge in [-0.25, -0.2) is 0 Å². The molecule has 0 aromatic heterocycles. The maximum Gasteiger partial charge on any atom is 0.249 e. The number of aliphatic hydroxyl groups excluding tert-OH is 4. The van der Waals surface area contributed by atoms with Crippen molar-refractivity contribution in [2.24, 2.45) is 0 Å². The molecule has 0 aliphatic carbocycles. The van der Waals surface area contributed by atoms with Crippen LogP contribution in [0.25, 0.3) is 0 Å². The SMILES string of the molecule is CCCCCCCCCCCCCCC/C=C/CC/C=C/CC/C=C/CCCC(O)C(O)C(CO)NC(=O)C(O)CCCCCCCCCCCCCCC. The number of carbonyl (C=O) groups excluding carboxylic acids is 1. The van der Waals surface area contributed by atoms with Crippen molar-refractivity contribution < 1.29 is 25.2 Å². The van der Waals surface area contributed by atoms with Crippen LogP contribution in [0, 0.1) is 0 Å². The molecule has 0 bridgehead atoms. The predicted octanol–water partition coefficient (Wildman–Crippen LogP) is 12.9. The molecule has 0 radical (unpaired) electrons. The van der Waals surface area contributed by atoms with Gasteiger partial charge in [-0.3, -0.25) is 4.79 Å². The van der Waals surface area contributed by atoms with Crippen LogP contribution in [-0.2, 0) is 4.79 Å². The lowest BCUT2D eigenvalue weighted by atomic mass is 10.00. The van der Waals surface area contributed by atoms with Crippen molar-refractivity contribution in [3.63, 3.8) is 0 Å². The monoisotopic (exact) mass is 776 g/mol. The summed E-state index contributed by atoms with van der Waals surface area (Å²) in [5.41, 5.74) is 0. The Morgan fingerprint density at radius 2 is 0.764 bits per heavy atom. The van der Waals surface area contributed by atoms with Crippen molar-refractivity contribution >= 4 is 5.91 Å². The van der Waals surface area contributed by atoms with E-state index in [0.29, 0.717) is 19.3 Å². The molecule has 0 fully saturated rings. The summed E-state index contributed by atoms with van der Waals surface area (Å²) in [5, 5.41) is 43.7. The number of allylic oxidation sites excluding steroid dienone is 6. The molecule has 6 heteroatoms. The summed E-state index contributed by atoms with van der Waals surface area (Å²) < 4.78 is 0. The smallest absolute Gasteiger partial charge is 0.249 e. The van der Waals surface area contributed by atoms with Crippen LogP contribution in [0.4, 0.5) is 0 Å². The number of unbranched alkanes of at least 4 members (excludes halogenated alkanes) is 28. The first-order valence-electron chi connectivity index (χ1n) is 23.9. The summed E-state index contributed by atoms with van der Waals surface area (Å²) in [4.78, 5) is 12.5. The van der Waals surface area contributed by atoms with Gasteiger partial charge in [0.25, 0.3) is 0 Å². The molecule has 0 aliphatic heterocycles. The van der Waals surface area contributed by atoms with Gasteiger partial charge in [0.1, 0.15) is 12.2 Å². The number of hydrogen-bond donors (Lipinski definition) is 5. The van der Waals surface area contributed by atoms with Crippen molar-refractivity contribution in [1.82, 2.24) is 5.32 Å². The van der Waals surface area contributed by atoms with Gasteiger partial charge in [0.2, 0.25) is 5.91 Å². The third-order valence-corrected chi connectivity index (χ3v) is 11.1. The number of nitrogens with one attached hydrogen (secondary N) is 1. The van der Waals surface area contributed by atoms with E-state index in [1.165, 1.54) is 154 Å². The second-order valence-corrected chi connectivity index (χ2v) is 16.4. The van der Waals surface area contributed by atoms with E-state index in [1.807, 2.05) is 0 Å². The van der Waals surface area contributed by atoms with Gasteiger partial charge >= 0.3 is 0 Å². The number of amides is 1. The zero-order valence-electron chi connectivity index (χ0n) is 36.4. The van der Waals surface area contributed by atoms with Crippen LogP contribution < -0.4 is 5.32 Å². The Balaban J connectivity index is 3.76. The summed E-state index contributed by atoms with van der Waals surface area (Å²) >= 11 is 0. The molecule has 0 aromatic rings. The zero-order chi connectivity index (χ0) is 40.3. The Bertz CT molecular complexity index is 873. The molecule has 4 unspecified atom stereocenters. The molecule has 4 atom stereocenters. The molecule has 0 saturated carbocycles. The molecule has 55 heavy (non-hydrogen) atoms. The summed E-state index contributed by atoms with van der Waals surface area (Å²) in [6, 6.07) is -1.01. The van der Waals surface area contributed by atoms with Gasteiger partial charge in [0.15, 0.2) is 0 Å². The lowest BCUT2D eigenvalue weighted by molar-refractivity contribution is -0.132. The summed E-state index contributed by atoms with van der Waals surface area (Å²) in [5.74, 6) is -0.599. The van der Waals surface area contributed by atoms with E-state index < -0.39 is 36.9 Å². The first-order chi connectivity index (χ1) is 27.0. The minimum Gasteiger partial charge on any atom is -0.394 e. The van der Waals surface area contributed by atoms with E-state index in [2.05, 4.69) is 55.6 Å². The zero-order valence-corrected chi connectivity index (χ0v) is 36.4. The van der Waals surface area contributed by atoms with Crippen LogP contribution in [0.15, 0.2) is 36.5 Å². The third-order valence-electron chi connectivity index (χ3n) is 11.1. The van der Waals surface area contributed by atoms with Gasteiger partial charge in [0, 0.05) is 0 Å². The molecular formula is C49H93NO5. The van der Waals surface area contributed by atoms with E-state index in [-0.39, 0.29) is 0 Å². The predicted molar refractivity (Wildman–Crippen MR) is 237 cm³/mol. The molecule has 0 aromatic carbocycles. The summed E-state index contributed by atoms with van der Waals surface area (Å²) in [7, 11) is 0. The van der Waals surface area contributed by atoms with Gasteiger partial charge in [-0.2, -0.15) is 0 Å². The quantitative estimate of drug-likeness (QED) is 0.0313. The first-order valence-corrected chi connectivity index (χ1v) is 23.9. The van der Waals surface area contributed by atoms with Gasteiger partial charge in [0.05, 0.1) is 18.8 Å². The van der Waals surface area contributed by atoms with E-state index in [9.17, 15) is 25.2 Å². The fourth-order valence-corrected chi connectivity index (χ4v) is 7.26. The van der Waals surface area contributed by atoms with Gasteiger partial charge in [-0.15, -0.1) is 0 Å². The third kappa shape index (κ3) is 37.8.